The molecule has 146 valence electrons. The second-order valence-electron chi connectivity index (χ2n) is 6.74. The third kappa shape index (κ3) is 3.99. The van der Waals surface area contributed by atoms with E-state index in [1.807, 2.05) is 38.2 Å². The van der Waals surface area contributed by atoms with Gasteiger partial charge in [-0.25, -0.2) is 4.98 Å². The van der Waals surface area contributed by atoms with Crippen molar-refractivity contribution in [2.24, 2.45) is 4.99 Å². The minimum Gasteiger partial charge on any atom is -0.336 e. The van der Waals surface area contributed by atoms with E-state index in [9.17, 15) is 4.79 Å². The van der Waals surface area contributed by atoms with E-state index in [0.29, 0.717) is 6.54 Å². The number of benzene rings is 1. The first-order valence-electron chi connectivity index (χ1n) is 9.10. The van der Waals surface area contributed by atoms with Gasteiger partial charge in [-0.3, -0.25) is 14.2 Å². The lowest BCUT2D eigenvalue weighted by Crippen LogP contribution is -2.28. The van der Waals surface area contributed by atoms with Crippen molar-refractivity contribution in [2.45, 2.75) is 26.1 Å². The van der Waals surface area contributed by atoms with E-state index in [1.165, 1.54) is 4.88 Å². The molecule has 0 spiro atoms. The zero-order valence-corrected chi connectivity index (χ0v) is 18.6. The lowest BCUT2D eigenvalue weighted by atomic mass is 10.1. The smallest absolute Gasteiger partial charge is 0.254 e. The summed E-state index contributed by atoms with van der Waals surface area (Å²) in [7, 11) is 1.86. The van der Waals surface area contributed by atoms with Crippen molar-refractivity contribution in [3.63, 3.8) is 0 Å². The normalized spacial score (nSPS) is 13.9. The number of carbonyl (C=O) groups excluding carboxylic acids is 1. The Balaban J connectivity index is 1.52. The van der Waals surface area contributed by atoms with Crippen LogP contribution < -0.4 is 0 Å². The second kappa shape index (κ2) is 8.31. The summed E-state index contributed by atoms with van der Waals surface area (Å²) in [4.78, 5) is 26.3. The first-order chi connectivity index (χ1) is 13.5. The molecule has 0 fully saturated rings. The Hall–Kier alpha value is -1.77. The lowest BCUT2D eigenvalue weighted by Gasteiger charge is -2.19. The van der Waals surface area contributed by atoms with Gasteiger partial charge in [0.05, 0.1) is 24.5 Å². The Morgan fingerprint density at radius 1 is 1.32 bits per heavy atom. The zero-order chi connectivity index (χ0) is 19.7. The zero-order valence-electron chi connectivity index (χ0n) is 16.1. The maximum absolute atomic E-state index is 13.2. The topological polar surface area (TPSA) is 50.0 Å². The highest BCUT2D eigenvalue weighted by Crippen LogP contribution is 2.27. The molecule has 2 aromatic heterocycles. The van der Waals surface area contributed by atoms with Crippen LogP contribution in [-0.2, 0) is 12.3 Å². The van der Waals surface area contributed by atoms with Crippen LogP contribution in [0.1, 0.15) is 32.2 Å². The van der Waals surface area contributed by atoms with Gasteiger partial charge >= 0.3 is 0 Å². The molecule has 1 aromatic carbocycles. The van der Waals surface area contributed by atoms with Crippen LogP contribution in [0.3, 0.4) is 0 Å². The van der Waals surface area contributed by atoms with Gasteiger partial charge in [-0.15, -0.1) is 11.3 Å². The minimum atomic E-state index is 0.0403. The molecule has 3 heterocycles. The summed E-state index contributed by atoms with van der Waals surface area (Å²) in [6, 6.07) is 7.89. The van der Waals surface area contributed by atoms with E-state index in [4.69, 9.17) is 0 Å². The number of amides is 1. The van der Waals surface area contributed by atoms with Gasteiger partial charge in [-0.1, -0.05) is 41.7 Å². The fourth-order valence-corrected chi connectivity index (χ4v) is 6.10. The first-order valence-corrected chi connectivity index (χ1v) is 11.9. The van der Waals surface area contributed by atoms with Crippen LogP contribution in [0.4, 0.5) is 0 Å². The van der Waals surface area contributed by atoms with Gasteiger partial charge < -0.3 is 4.90 Å². The summed E-state index contributed by atoms with van der Waals surface area (Å²) in [5, 5.41) is 0. The van der Waals surface area contributed by atoms with Gasteiger partial charge in [-0.05, 0) is 25.5 Å². The molecule has 0 N–H and O–H groups in total. The largest absolute Gasteiger partial charge is 0.336 e. The van der Waals surface area contributed by atoms with Crippen LogP contribution in [0.15, 0.2) is 35.5 Å². The Labute approximate surface area is 177 Å². The van der Waals surface area contributed by atoms with Gasteiger partial charge in [0, 0.05) is 35.2 Å². The quantitative estimate of drug-likeness (QED) is 0.593. The molecule has 0 saturated carbocycles. The first kappa shape index (κ1) is 19.5. The molecule has 3 aromatic rings. The van der Waals surface area contributed by atoms with Gasteiger partial charge in [0.2, 0.25) is 0 Å². The third-order valence-electron chi connectivity index (χ3n) is 4.63. The molecule has 1 aliphatic rings. The molecule has 0 unspecified atom stereocenters. The molecule has 4 rings (SSSR count). The number of aliphatic imine (C=N–C) groups is 1. The second-order valence-corrected chi connectivity index (χ2v) is 10.3. The number of hydrogen-bond acceptors (Lipinski definition) is 6. The minimum absolute atomic E-state index is 0.0403. The van der Waals surface area contributed by atoms with Crippen molar-refractivity contribution in [3.8, 4) is 0 Å². The van der Waals surface area contributed by atoms with E-state index in [1.54, 1.807) is 39.8 Å². The van der Waals surface area contributed by atoms with Gasteiger partial charge in [0.1, 0.15) is 4.38 Å². The maximum Gasteiger partial charge on any atom is 0.254 e. The van der Waals surface area contributed by atoms with Crippen LogP contribution in [-0.4, -0.2) is 43.9 Å². The molecule has 0 aliphatic carbocycles. The van der Waals surface area contributed by atoms with Crippen LogP contribution in [0, 0.1) is 13.8 Å². The van der Waals surface area contributed by atoms with E-state index < -0.39 is 0 Å². The SMILES string of the molecule is Cc1cn2c(CN(C)C(=O)c3ccccc3CSC3=NCCS3)c(C)nc2s1. The number of carbonyl (C=O) groups is 1. The molecule has 5 nitrogen and oxygen atoms in total. The van der Waals surface area contributed by atoms with Gasteiger partial charge in [0.15, 0.2) is 4.96 Å². The van der Waals surface area contributed by atoms with Crippen molar-refractivity contribution in [3.05, 3.63) is 57.9 Å². The highest BCUT2D eigenvalue weighted by molar-refractivity contribution is 8.38. The summed E-state index contributed by atoms with van der Waals surface area (Å²) in [6.07, 6.45) is 2.10. The lowest BCUT2D eigenvalue weighted by molar-refractivity contribution is 0.0782. The molecular formula is C20H22N4OS3. The average molecular weight is 431 g/mol. The van der Waals surface area contributed by atoms with E-state index in [2.05, 4.69) is 27.5 Å². The number of fused-ring (bicyclic) bond motifs is 1. The summed E-state index contributed by atoms with van der Waals surface area (Å²) in [5.41, 5.74) is 3.87. The standard InChI is InChI=1S/C20H22N4OS3/c1-13-10-24-17(14(2)22-19(24)28-13)11-23(3)18(25)16-7-5-4-6-15(16)12-27-20-21-8-9-26-20/h4-7,10H,8-9,11-12H2,1-3H3. The molecule has 8 heteroatoms. The Morgan fingerprint density at radius 3 is 2.93 bits per heavy atom. The fraction of sp³-hybridized carbons (Fsp3) is 0.350. The average Bonchev–Trinajstić information content (AvgIpc) is 3.38. The number of nitrogens with zero attached hydrogens (tertiary/aromatic N) is 4. The third-order valence-corrected chi connectivity index (χ3v) is 7.83. The molecule has 0 saturated heterocycles. The highest BCUT2D eigenvalue weighted by atomic mass is 32.2. The highest BCUT2D eigenvalue weighted by Gasteiger charge is 2.20. The van der Waals surface area contributed by atoms with Crippen molar-refractivity contribution in [1.29, 1.82) is 0 Å². The molecule has 0 radical (unpaired) electrons. The number of aromatic nitrogens is 2. The molecule has 1 aliphatic heterocycles. The molecule has 1 amide bonds. The fourth-order valence-electron chi connectivity index (χ4n) is 3.20. The maximum atomic E-state index is 13.2. The van der Waals surface area contributed by atoms with Crippen LogP contribution >= 0.6 is 34.9 Å². The van der Waals surface area contributed by atoms with Gasteiger partial charge in [-0.2, -0.15) is 0 Å². The van der Waals surface area contributed by atoms with E-state index >= 15 is 0 Å². The van der Waals surface area contributed by atoms with Crippen molar-refractivity contribution < 1.29 is 4.79 Å². The van der Waals surface area contributed by atoms with E-state index in [0.717, 1.165) is 49.9 Å². The predicted octanol–water partition coefficient (Wildman–Crippen LogP) is 4.62. The van der Waals surface area contributed by atoms with Crippen molar-refractivity contribution in [1.82, 2.24) is 14.3 Å². The monoisotopic (exact) mass is 430 g/mol. The Morgan fingerprint density at radius 2 is 2.14 bits per heavy atom. The van der Waals surface area contributed by atoms with Crippen LogP contribution in [0.25, 0.3) is 4.96 Å². The van der Waals surface area contributed by atoms with Crippen LogP contribution in [0.5, 0.6) is 0 Å². The van der Waals surface area contributed by atoms with Crippen molar-refractivity contribution >= 4 is 50.1 Å². The number of imidazole rings is 1. The Bertz CT molecular complexity index is 1050. The summed E-state index contributed by atoms with van der Waals surface area (Å²) < 4.78 is 3.23. The number of aryl methyl sites for hydroxylation is 2. The molecule has 0 bridgehead atoms. The summed E-state index contributed by atoms with van der Waals surface area (Å²) in [6.45, 7) is 5.52. The van der Waals surface area contributed by atoms with Gasteiger partial charge in [0.25, 0.3) is 5.91 Å². The molecule has 0 atom stereocenters. The van der Waals surface area contributed by atoms with Crippen molar-refractivity contribution in [2.75, 3.05) is 19.3 Å². The molecular weight excluding hydrogens is 408 g/mol. The van der Waals surface area contributed by atoms with Crippen LogP contribution in [0.2, 0.25) is 0 Å². The number of rotatable bonds is 5. The molecule has 28 heavy (non-hydrogen) atoms. The summed E-state index contributed by atoms with van der Waals surface area (Å²) in [5.74, 6) is 1.87. The number of thiazole rings is 1. The van der Waals surface area contributed by atoms with E-state index in [-0.39, 0.29) is 5.91 Å². The number of hydrogen-bond donors (Lipinski definition) is 0. The summed E-state index contributed by atoms with van der Waals surface area (Å²) >= 11 is 5.19. The Kier molecular flexibility index (Phi) is 5.80. The predicted molar refractivity (Wildman–Crippen MR) is 121 cm³/mol. The number of thioether (sulfide) groups is 2.